The molecule has 88 valence electrons. The summed E-state index contributed by atoms with van der Waals surface area (Å²) in [5.41, 5.74) is 0. The van der Waals surface area contributed by atoms with Crippen LogP contribution in [-0.2, 0) is 9.53 Å². The van der Waals surface area contributed by atoms with E-state index in [-0.39, 0.29) is 18.4 Å². The van der Waals surface area contributed by atoms with Gasteiger partial charge < -0.3 is 15.2 Å². The third kappa shape index (κ3) is 5.14. The maximum atomic E-state index is 11.5. The molecule has 2 N–H and O–H groups in total. The van der Waals surface area contributed by atoms with Crippen molar-refractivity contribution in [1.82, 2.24) is 5.32 Å². The zero-order chi connectivity index (χ0) is 10.9. The lowest BCUT2D eigenvalue weighted by molar-refractivity contribution is -0.124. The second-order valence-corrected chi connectivity index (χ2v) is 3.99. The Morgan fingerprint density at radius 1 is 1.33 bits per heavy atom. The highest BCUT2D eigenvalue weighted by Crippen LogP contribution is 2.11. The van der Waals surface area contributed by atoms with Gasteiger partial charge in [0.2, 0.25) is 5.91 Å². The van der Waals surface area contributed by atoms with E-state index in [0.717, 1.165) is 38.6 Å². The number of hydrogen-bond acceptors (Lipinski definition) is 3. The number of rotatable bonds is 7. The second-order valence-electron chi connectivity index (χ2n) is 3.99. The van der Waals surface area contributed by atoms with Gasteiger partial charge in [0.1, 0.15) is 0 Å². The minimum absolute atomic E-state index is 0.0717. The lowest BCUT2D eigenvalue weighted by atomic mass is 10.1. The molecule has 1 aliphatic heterocycles. The molecule has 1 saturated heterocycles. The molecule has 1 atom stereocenters. The quantitative estimate of drug-likeness (QED) is 0.614. The van der Waals surface area contributed by atoms with Gasteiger partial charge in [-0.2, -0.15) is 0 Å². The first-order valence-electron chi connectivity index (χ1n) is 5.81. The van der Waals surface area contributed by atoms with E-state index in [9.17, 15) is 4.79 Å². The Bertz CT molecular complexity index is 179. The number of hydrogen-bond donors (Lipinski definition) is 2. The number of carbonyl (C=O) groups is 1. The number of amides is 1. The van der Waals surface area contributed by atoms with Crippen LogP contribution >= 0.6 is 0 Å². The van der Waals surface area contributed by atoms with Crippen LogP contribution in [0, 0.1) is 5.92 Å². The van der Waals surface area contributed by atoms with Gasteiger partial charge in [-0.3, -0.25) is 4.79 Å². The summed E-state index contributed by atoms with van der Waals surface area (Å²) in [6.07, 6.45) is 4.83. The third-order valence-corrected chi connectivity index (χ3v) is 2.68. The van der Waals surface area contributed by atoms with Crippen LogP contribution in [0.1, 0.15) is 32.1 Å². The molecule has 0 bridgehead atoms. The van der Waals surface area contributed by atoms with Crippen molar-refractivity contribution in [3.8, 4) is 0 Å². The molecule has 4 heteroatoms. The van der Waals surface area contributed by atoms with Crippen LogP contribution in [0.2, 0.25) is 0 Å². The molecule has 0 aliphatic carbocycles. The van der Waals surface area contributed by atoms with Gasteiger partial charge in [-0.15, -0.1) is 0 Å². The highest BCUT2D eigenvalue weighted by molar-refractivity contribution is 5.78. The lowest BCUT2D eigenvalue weighted by Crippen LogP contribution is -2.31. The second kappa shape index (κ2) is 7.65. The standard InChI is InChI=1S/C11H21NO3/c13-7-4-2-1-3-6-12-11(14)10-5-8-15-9-10/h10,13H,1-9H2,(H,12,14). The fourth-order valence-electron chi connectivity index (χ4n) is 1.69. The molecule has 0 aromatic carbocycles. The van der Waals surface area contributed by atoms with Crippen molar-refractivity contribution >= 4 is 5.91 Å². The summed E-state index contributed by atoms with van der Waals surface area (Å²) in [6.45, 7) is 2.32. The smallest absolute Gasteiger partial charge is 0.225 e. The highest BCUT2D eigenvalue weighted by Gasteiger charge is 2.22. The van der Waals surface area contributed by atoms with Crippen molar-refractivity contribution in [2.75, 3.05) is 26.4 Å². The fraction of sp³-hybridized carbons (Fsp3) is 0.909. The van der Waals surface area contributed by atoms with Gasteiger partial charge in [0, 0.05) is 19.8 Å². The van der Waals surface area contributed by atoms with Crippen molar-refractivity contribution < 1.29 is 14.6 Å². The molecule has 1 fully saturated rings. The molecule has 0 radical (unpaired) electrons. The number of carbonyl (C=O) groups excluding carboxylic acids is 1. The molecule has 15 heavy (non-hydrogen) atoms. The first-order valence-corrected chi connectivity index (χ1v) is 5.81. The molecule has 0 aromatic rings. The summed E-state index contributed by atoms with van der Waals surface area (Å²) in [7, 11) is 0. The molecular formula is C11H21NO3. The Morgan fingerprint density at radius 3 is 2.80 bits per heavy atom. The van der Waals surface area contributed by atoms with Crippen LogP contribution in [0.5, 0.6) is 0 Å². The number of aliphatic hydroxyl groups is 1. The van der Waals surface area contributed by atoms with Crippen LogP contribution < -0.4 is 5.32 Å². The Morgan fingerprint density at radius 2 is 2.13 bits per heavy atom. The number of unbranched alkanes of at least 4 members (excludes halogenated alkanes) is 3. The number of aliphatic hydroxyl groups excluding tert-OH is 1. The van der Waals surface area contributed by atoms with Crippen molar-refractivity contribution in [1.29, 1.82) is 0 Å². The monoisotopic (exact) mass is 215 g/mol. The average molecular weight is 215 g/mol. The molecule has 1 rings (SSSR count). The van der Waals surface area contributed by atoms with Gasteiger partial charge in [-0.05, 0) is 19.3 Å². The first-order chi connectivity index (χ1) is 7.34. The zero-order valence-electron chi connectivity index (χ0n) is 9.21. The normalized spacial score (nSPS) is 20.5. The van der Waals surface area contributed by atoms with Gasteiger partial charge in [-0.25, -0.2) is 0 Å². The van der Waals surface area contributed by atoms with E-state index >= 15 is 0 Å². The molecule has 0 aromatic heterocycles. The van der Waals surface area contributed by atoms with Crippen molar-refractivity contribution in [3.63, 3.8) is 0 Å². The third-order valence-electron chi connectivity index (χ3n) is 2.68. The van der Waals surface area contributed by atoms with Crippen LogP contribution in [0.3, 0.4) is 0 Å². The Labute approximate surface area is 91.0 Å². The molecule has 1 unspecified atom stereocenters. The maximum Gasteiger partial charge on any atom is 0.225 e. The molecule has 4 nitrogen and oxygen atoms in total. The minimum Gasteiger partial charge on any atom is -0.396 e. The maximum absolute atomic E-state index is 11.5. The van der Waals surface area contributed by atoms with Gasteiger partial charge >= 0.3 is 0 Å². The number of ether oxygens (including phenoxy) is 1. The largest absolute Gasteiger partial charge is 0.396 e. The van der Waals surface area contributed by atoms with Gasteiger partial charge in [0.25, 0.3) is 0 Å². The van der Waals surface area contributed by atoms with Crippen LogP contribution in [0.25, 0.3) is 0 Å². The molecular weight excluding hydrogens is 194 g/mol. The summed E-state index contributed by atoms with van der Waals surface area (Å²) >= 11 is 0. The van der Waals surface area contributed by atoms with Crippen LogP contribution in [0.4, 0.5) is 0 Å². The minimum atomic E-state index is 0.0717. The van der Waals surface area contributed by atoms with E-state index in [4.69, 9.17) is 9.84 Å². The molecule has 0 saturated carbocycles. The summed E-state index contributed by atoms with van der Waals surface area (Å²) in [5, 5.41) is 11.5. The Hall–Kier alpha value is -0.610. The molecule has 1 amide bonds. The summed E-state index contributed by atoms with van der Waals surface area (Å²) in [5.74, 6) is 0.206. The predicted molar refractivity (Wildman–Crippen MR) is 57.5 cm³/mol. The van der Waals surface area contributed by atoms with Crippen LogP contribution in [0.15, 0.2) is 0 Å². The fourth-order valence-corrected chi connectivity index (χ4v) is 1.69. The van der Waals surface area contributed by atoms with E-state index in [1.165, 1.54) is 0 Å². The molecule has 1 aliphatic rings. The summed E-state index contributed by atoms with van der Waals surface area (Å²) in [6, 6.07) is 0. The zero-order valence-corrected chi connectivity index (χ0v) is 9.21. The summed E-state index contributed by atoms with van der Waals surface area (Å²) in [4.78, 5) is 11.5. The highest BCUT2D eigenvalue weighted by atomic mass is 16.5. The summed E-state index contributed by atoms with van der Waals surface area (Å²) < 4.78 is 5.15. The lowest BCUT2D eigenvalue weighted by Gasteiger charge is -2.08. The Balaban J connectivity index is 1.92. The molecule has 1 heterocycles. The SMILES string of the molecule is O=C(NCCCCCCO)C1CCOC1. The Kier molecular flexibility index (Phi) is 6.36. The van der Waals surface area contributed by atoms with Gasteiger partial charge in [-0.1, -0.05) is 12.8 Å². The average Bonchev–Trinajstić information content (AvgIpc) is 2.76. The van der Waals surface area contributed by atoms with Crippen molar-refractivity contribution in [3.05, 3.63) is 0 Å². The van der Waals surface area contributed by atoms with Crippen LogP contribution in [-0.4, -0.2) is 37.4 Å². The van der Waals surface area contributed by atoms with E-state index in [1.54, 1.807) is 0 Å². The first kappa shape index (κ1) is 12.5. The van der Waals surface area contributed by atoms with Crippen molar-refractivity contribution in [2.24, 2.45) is 5.92 Å². The van der Waals surface area contributed by atoms with Gasteiger partial charge in [0.05, 0.1) is 12.5 Å². The van der Waals surface area contributed by atoms with E-state index < -0.39 is 0 Å². The van der Waals surface area contributed by atoms with E-state index in [1.807, 2.05) is 0 Å². The number of nitrogens with one attached hydrogen (secondary N) is 1. The van der Waals surface area contributed by atoms with E-state index in [0.29, 0.717) is 13.2 Å². The topological polar surface area (TPSA) is 58.6 Å². The van der Waals surface area contributed by atoms with Crippen molar-refractivity contribution in [2.45, 2.75) is 32.1 Å². The van der Waals surface area contributed by atoms with Gasteiger partial charge in [0.15, 0.2) is 0 Å². The molecule has 0 spiro atoms. The predicted octanol–water partition coefficient (Wildman–Crippen LogP) is 0.692. The van der Waals surface area contributed by atoms with E-state index in [2.05, 4.69) is 5.32 Å².